The van der Waals surface area contributed by atoms with Crippen LogP contribution in [-0.4, -0.2) is 30.0 Å². The van der Waals surface area contributed by atoms with Crippen molar-refractivity contribution in [3.63, 3.8) is 0 Å². The number of piperidine rings is 1. The number of pyridine rings is 1. The van der Waals surface area contributed by atoms with E-state index in [4.69, 9.17) is 0 Å². The molecule has 2 aromatic rings. The summed E-state index contributed by atoms with van der Waals surface area (Å²) in [5, 5.41) is 4.07. The molecule has 1 saturated heterocycles. The Labute approximate surface area is 135 Å². The van der Waals surface area contributed by atoms with Crippen LogP contribution >= 0.6 is 0 Å². The van der Waals surface area contributed by atoms with Gasteiger partial charge in [0.1, 0.15) is 5.82 Å². The number of halogens is 1. The Morgan fingerprint density at radius 1 is 1.43 bits per heavy atom. The second kappa shape index (κ2) is 6.94. The van der Waals surface area contributed by atoms with Gasteiger partial charge < -0.3 is 10.2 Å². The Morgan fingerprint density at radius 3 is 3.13 bits per heavy atom. The third-order valence-electron chi connectivity index (χ3n) is 4.29. The van der Waals surface area contributed by atoms with Gasteiger partial charge in [0.2, 0.25) is 5.91 Å². The van der Waals surface area contributed by atoms with Gasteiger partial charge in [-0.05, 0) is 37.5 Å². The van der Waals surface area contributed by atoms with Crippen LogP contribution in [0.1, 0.15) is 32.6 Å². The topological polar surface area (TPSA) is 45.2 Å². The number of anilines is 1. The molecule has 1 fully saturated rings. The second-order valence-corrected chi connectivity index (χ2v) is 6.09. The smallest absolute Gasteiger partial charge is 0.220 e. The first-order chi connectivity index (χ1) is 11.2. The molecular formula is C18H22FN3O. The number of hydrogen-bond donors (Lipinski definition) is 1. The van der Waals surface area contributed by atoms with Crippen LogP contribution in [-0.2, 0) is 4.79 Å². The van der Waals surface area contributed by atoms with Crippen molar-refractivity contribution in [1.29, 1.82) is 0 Å². The van der Waals surface area contributed by atoms with Crippen LogP contribution in [0.5, 0.6) is 0 Å². The van der Waals surface area contributed by atoms with Gasteiger partial charge in [0.15, 0.2) is 0 Å². The van der Waals surface area contributed by atoms with E-state index in [0.29, 0.717) is 11.9 Å². The van der Waals surface area contributed by atoms with Gasteiger partial charge in [0.05, 0.1) is 5.52 Å². The number of aromatic nitrogens is 1. The lowest BCUT2D eigenvalue weighted by atomic mass is 10.0. The minimum absolute atomic E-state index is 0.126. The quantitative estimate of drug-likeness (QED) is 0.942. The fourth-order valence-electron chi connectivity index (χ4n) is 3.22. The fraction of sp³-hybridized carbons (Fsp3) is 0.444. The third kappa shape index (κ3) is 3.60. The Hall–Kier alpha value is -2.17. The van der Waals surface area contributed by atoms with Crippen molar-refractivity contribution in [3.8, 4) is 0 Å². The number of carbonyl (C=O) groups is 1. The lowest BCUT2D eigenvalue weighted by Crippen LogP contribution is -2.47. The van der Waals surface area contributed by atoms with Crippen molar-refractivity contribution in [1.82, 2.24) is 10.3 Å². The van der Waals surface area contributed by atoms with Crippen molar-refractivity contribution in [2.45, 2.75) is 38.6 Å². The highest BCUT2D eigenvalue weighted by atomic mass is 19.1. The maximum absolute atomic E-state index is 13.4. The van der Waals surface area contributed by atoms with Crippen LogP contribution in [0.15, 0.2) is 30.5 Å². The lowest BCUT2D eigenvalue weighted by Gasteiger charge is -2.35. The number of carbonyl (C=O) groups excluding carboxylic acids is 1. The summed E-state index contributed by atoms with van der Waals surface area (Å²) in [6.45, 7) is 3.73. The molecule has 122 valence electrons. The van der Waals surface area contributed by atoms with Crippen LogP contribution in [0.25, 0.3) is 10.9 Å². The van der Waals surface area contributed by atoms with Crippen molar-refractivity contribution in [2.24, 2.45) is 0 Å². The Morgan fingerprint density at radius 2 is 2.30 bits per heavy atom. The summed E-state index contributed by atoms with van der Waals surface area (Å²) in [6, 6.07) is 6.86. The van der Waals surface area contributed by atoms with E-state index in [1.54, 1.807) is 12.3 Å². The molecule has 5 heteroatoms. The SMILES string of the molecule is CCCC(=O)NC1CCCN(c2ccnc3cc(F)ccc23)C1. The first-order valence-electron chi connectivity index (χ1n) is 8.26. The van der Waals surface area contributed by atoms with E-state index >= 15 is 0 Å². The van der Waals surface area contributed by atoms with Crippen molar-refractivity contribution < 1.29 is 9.18 Å². The number of fused-ring (bicyclic) bond motifs is 1. The first kappa shape index (κ1) is 15.7. The highest BCUT2D eigenvalue weighted by Gasteiger charge is 2.22. The molecule has 0 aliphatic carbocycles. The minimum atomic E-state index is -0.273. The summed E-state index contributed by atoms with van der Waals surface area (Å²) in [7, 11) is 0. The molecule has 3 rings (SSSR count). The molecule has 1 aromatic heterocycles. The Kier molecular flexibility index (Phi) is 4.74. The van der Waals surface area contributed by atoms with Gasteiger partial charge in [-0.3, -0.25) is 9.78 Å². The zero-order valence-electron chi connectivity index (χ0n) is 13.4. The van der Waals surface area contributed by atoms with Gasteiger partial charge in [-0.2, -0.15) is 0 Å². The molecule has 1 aromatic carbocycles. The minimum Gasteiger partial charge on any atom is -0.369 e. The van der Waals surface area contributed by atoms with Crippen molar-refractivity contribution in [3.05, 3.63) is 36.3 Å². The van der Waals surface area contributed by atoms with E-state index in [1.807, 2.05) is 13.0 Å². The lowest BCUT2D eigenvalue weighted by molar-refractivity contribution is -0.121. The normalized spacial score (nSPS) is 18.2. The average Bonchev–Trinajstić information content (AvgIpc) is 2.54. The number of amides is 1. The predicted octanol–water partition coefficient (Wildman–Crippen LogP) is 3.26. The highest BCUT2D eigenvalue weighted by molar-refractivity contribution is 5.91. The van der Waals surface area contributed by atoms with Crippen molar-refractivity contribution >= 4 is 22.5 Å². The maximum Gasteiger partial charge on any atom is 0.220 e. The zero-order chi connectivity index (χ0) is 16.2. The fourth-order valence-corrected chi connectivity index (χ4v) is 3.22. The molecule has 1 aliphatic heterocycles. The molecule has 0 radical (unpaired) electrons. The first-order valence-corrected chi connectivity index (χ1v) is 8.26. The standard InChI is InChI=1S/C18H22FN3O/c1-2-4-18(23)21-14-5-3-10-22(12-14)17-8-9-20-16-11-13(19)6-7-15(16)17/h6-9,11,14H,2-5,10,12H2,1H3,(H,21,23). The van der Waals surface area contributed by atoms with E-state index in [0.717, 1.165) is 43.4 Å². The molecule has 1 amide bonds. The molecule has 2 heterocycles. The van der Waals surface area contributed by atoms with Gasteiger partial charge in [0, 0.05) is 48.9 Å². The average molecular weight is 315 g/mol. The van der Waals surface area contributed by atoms with E-state index in [-0.39, 0.29) is 17.8 Å². The zero-order valence-corrected chi connectivity index (χ0v) is 13.4. The van der Waals surface area contributed by atoms with Gasteiger partial charge in [-0.25, -0.2) is 4.39 Å². The van der Waals surface area contributed by atoms with Gasteiger partial charge >= 0.3 is 0 Å². The predicted molar refractivity (Wildman–Crippen MR) is 90.0 cm³/mol. The van der Waals surface area contributed by atoms with Gasteiger partial charge in [0.25, 0.3) is 0 Å². The van der Waals surface area contributed by atoms with Gasteiger partial charge in [-0.1, -0.05) is 6.92 Å². The molecule has 1 unspecified atom stereocenters. The maximum atomic E-state index is 13.4. The van der Waals surface area contributed by atoms with E-state index < -0.39 is 0 Å². The summed E-state index contributed by atoms with van der Waals surface area (Å²) in [5.74, 6) is -0.147. The van der Waals surface area contributed by atoms with Crippen LogP contribution in [0.3, 0.4) is 0 Å². The van der Waals surface area contributed by atoms with E-state index in [1.165, 1.54) is 12.1 Å². The van der Waals surface area contributed by atoms with Crippen LogP contribution in [0.4, 0.5) is 10.1 Å². The number of rotatable bonds is 4. The number of benzene rings is 1. The summed E-state index contributed by atoms with van der Waals surface area (Å²) >= 11 is 0. The van der Waals surface area contributed by atoms with Crippen LogP contribution in [0, 0.1) is 5.82 Å². The van der Waals surface area contributed by atoms with Crippen molar-refractivity contribution in [2.75, 3.05) is 18.0 Å². The molecule has 0 saturated carbocycles. The molecule has 4 nitrogen and oxygen atoms in total. The molecule has 23 heavy (non-hydrogen) atoms. The largest absolute Gasteiger partial charge is 0.369 e. The molecule has 0 spiro atoms. The molecular weight excluding hydrogens is 293 g/mol. The monoisotopic (exact) mass is 315 g/mol. The summed E-state index contributed by atoms with van der Waals surface area (Å²) in [5.41, 5.74) is 1.73. The van der Waals surface area contributed by atoms with Gasteiger partial charge in [-0.15, -0.1) is 0 Å². The summed E-state index contributed by atoms with van der Waals surface area (Å²) in [4.78, 5) is 18.3. The molecule has 1 N–H and O–H groups in total. The molecule has 0 bridgehead atoms. The Balaban J connectivity index is 1.80. The highest BCUT2D eigenvalue weighted by Crippen LogP contribution is 2.28. The molecule has 1 atom stereocenters. The van der Waals surface area contributed by atoms with Crippen LogP contribution in [0.2, 0.25) is 0 Å². The molecule has 1 aliphatic rings. The Bertz CT molecular complexity index is 704. The van der Waals surface area contributed by atoms with E-state index in [2.05, 4.69) is 15.2 Å². The number of hydrogen-bond acceptors (Lipinski definition) is 3. The summed E-state index contributed by atoms with van der Waals surface area (Å²) in [6.07, 6.45) is 5.19. The number of nitrogens with zero attached hydrogens (tertiary/aromatic N) is 2. The number of nitrogens with one attached hydrogen (secondary N) is 1. The second-order valence-electron chi connectivity index (χ2n) is 6.09. The van der Waals surface area contributed by atoms with Crippen LogP contribution < -0.4 is 10.2 Å². The summed E-state index contributed by atoms with van der Waals surface area (Å²) < 4.78 is 13.4. The van der Waals surface area contributed by atoms with E-state index in [9.17, 15) is 9.18 Å². The third-order valence-corrected chi connectivity index (χ3v) is 4.29.